The molecule has 0 amide bonds. The van der Waals surface area contributed by atoms with Gasteiger partial charge in [-0.25, -0.2) is 0 Å². The zero-order chi connectivity index (χ0) is 15.1. The van der Waals surface area contributed by atoms with Gasteiger partial charge < -0.3 is 8.84 Å². The van der Waals surface area contributed by atoms with Gasteiger partial charge in [-0.15, -0.1) is 10.2 Å². The van der Waals surface area contributed by atoms with E-state index >= 15 is 0 Å². The van der Waals surface area contributed by atoms with Crippen LogP contribution in [0, 0.1) is 5.92 Å². The lowest BCUT2D eigenvalue weighted by Gasteiger charge is -2.37. The van der Waals surface area contributed by atoms with Crippen molar-refractivity contribution in [2.75, 3.05) is 0 Å². The van der Waals surface area contributed by atoms with Crippen LogP contribution in [-0.2, 0) is 4.43 Å². The van der Waals surface area contributed by atoms with Crippen molar-refractivity contribution in [2.24, 2.45) is 5.92 Å². The monoisotopic (exact) mass is 296 g/mol. The molecule has 1 atom stereocenters. The minimum absolute atomic E-state index is 0.116. The van der Waals surface area contributed by atoms with Gasteiger partial charge >= 0.3 is 0 Å². The number of hydrogen-bond acceptors (Lipinski definition) is 4. The van der Waals surface area contributed by atoms with Gasteiger partial charge in [0.15, 0.2) is 8.32 Å². The Morgan fingerprint density at radius 1 is 1.25 bits per heavy atom. The molecule has 0 aromatic carbocycles. The Hall–Kier alpha value is -0.683. The van der Waals surface area contributed by atoms with E-state index in [1.807, 2.05) is 6.92 Å². The van der Waals surface area contributed by atoms with Gasteiger partial charge in [-0.3, -0.25) is 0 Å². The fourth-order valence-electron chi connectivity index (χ4n) is 2.35. The summed E-state index contributed by atoms with van der Waals surface area (Å²) in [7, 11) is -1.80. The molecule has 20 heavy (non-hydrogen) atoms. The highest BCUT2D eigenvalue weighted by molar-refractivity contribution is 6.74. The zero-order valence-corrected chi connectivity index (χ0v) is 14.9. The minimum atomic E-state index is -1.80. The average Bonchev–Trinajstić information content (AvgIpc) is 2.71. The number of nitrogens with zero attached hydrogens (tertiary/aromatic N) is 2. The summed E-state index contributed by atoms with van der Waals surface area (Å²) in [4.78, 5) is 0. The summed E-state index contributed by atoms with van der Waals surface area (Å²) in [5, 5.41) is 8.58. The Labute approximate surface area is 123 Å². The minimum Gasteiger partial charge on any atom is -0.422 e. The van der Waals surface area contributed by atoms with E-state index in [9.17, 15) is 0 Å². The van der Waals surface area contributed by atoms with Crippen LogP contribution in [0.4, 0.5) is 0 Å². The third-order valence-corrected chi connectivity index (χ3v) is 9.36. The van der Waals surface area contributed by atoms with Crippen LogP contribution in [0.5, 0.6) is 0 Å². The molecule has 0 bridgehead atoms. The maximum absolute atomic E-state index is 6.30. The van der Waals surface area contributed by atoms with Gasteiger partial charge in [0.2, 0.25) is 11.8 Å². The van der Waals surface area contributed by atoms with Crippen LogP contribution >= 0.6 is 0 Å². The Kier molecular flexibility index (Phi) is 4.13. The van der Waals surface area contributed by atoms with Gasteiger partial charge in [-0.1, -0.05) is 27.7 Å². The van der Waals surface area contributed by atoms with Crippen molar-refractivity contribution in [3.8, 4) is 0 Å². The Balaban J connectivity index is 2.01. The fraction of sp³-hybridized carbons (Fsp3) is 0.867. The summed E-state index contributed by atoms with van der Waals surface area (Å²) in [6.07, 6.45) is 2.22. The molecule has 0 unspecified atom stereocenters. The molecule has 4 nitrogen and oxygen atoms in total. The van der Waals surface area contributed by atoms with Crippen LogP contribution in [0.15, 0.2) is 4.42 Å². The second-order valence-electron chi connectivity index (χ2n) is 7.77. The number of hydrogen-bond donors (Lipinski definition) is 0. The molecule has 2 rings (SSSR count). The molecule has 0 aliphatic heterocycles. The first kappa shape index (κ1) is 15.7. The predicted octanol–water partition coefficient (Wildman–Crippen LogP) is 4.67. The van der Waals surface area contributed by atoms with E-state index in [-0.39, 0.29) is 11.1 Å². The molecule has 1 aliphatic carbocycles. The van der Waals surface area contributed by atoms with Crippen molar-refractivity contribution in [2.45, 2.75) is 77.6 Å². The Morgan fingerprint density at radius 3 is 2.35 bits per heavy atom. The topological polar surface area (TPSA) is 48.2 Å². The summed E-state index contributed by atoms with van der Waals surface area (Å²) in [5.74, 6) is 2.68. The predicted molar refractivity (Wildman–Crippen MR) is 82.1 cm³/mol. The summed E-state index contributed by atoms with van der Waals surface area (Å²) < 4.78 is 12.1. The molecule has 1 saturated carbocycles. The lowest BCUT2D eigenvalue weighted by Crippen LogP contribution is -2.41. The summed E-state index contributed by atoms with van der Waals surface area (Å²) in [5.41, 5.74) is 0. The molecule has 1 aromatic rings. The first-order valence-electron chi connectivity index (χ1n) is 7.61. The van der Waals surface area contributed by atoms with Gasteiger partial charge in [0.25, 0.3) is 0 Å². The Bertz CT molecular complexity index is 459. The van der Waals surface area contributed by atoms with Crippen LogP contribution in [0.25, 0.3) is 0 Å². The molecule has 0 saturated heterocycles. The lowest BCUT2D eigenvalue weighted by atomic mass is 9.76. The SMILES string of the molecule is C[C@@H](O[Si](C)(C)C(C)(C)C)c1nnc([C@H]2C[C@@H](C)C2)o1. The van der Waals surface area contributed by atoms with Crippen molar-refractivity contribution in [3.63, 3.8) is 0 Å². The third kappa shape index (κ3) is 3.14. The van der Waals surface area contributed by atoms with E-state index in [2.05, 4.69) is 51.0 Å². The summed E-state index contributed by atoms with van der Waals surface area (Å²) in [6, 6.07) is 0. The number of aromatic nitrogens is 2. The van der Waals surface area contributed by atoms with E-state index in [1.165, 1.54) is 12.8 Å². The maximum Gasteiger partial charge on any atom is 0.243 e. The molecule has 1 heterocycles. The molecule has 1 aliphatic rings. The zero-order valence-electron chi connectivity index (χ0n) is 13.9. The molecule has 0 radical (unpaired) electrons. The van der Waals surface area contributed by atoms with E-state index in [4.69, 9.17) is 8.84 Å². The molecule has 114 valence electrons. The van der Waals surface area contributed by atoms with Crippen LogP contribution in [0.2, 0.25) is 18.1 Å². The molecule has 1 fully saturated rings. The average molecular weight is 296 g/mol. The van der Waals surface area contributed by atoms with Gasteiger partial charge in [0.05, 0.1) is 0 Å². The van der Waals surface area contributed by atoms with Crippen molar-refractivity contribution in [1.29, 1.82) is 0 Å². The molecule has 0 N–H and O–H groups in total. The highest BCUT2D eigenvalue weighted by Crippen LogP contribution is 2.42. The van der Waals surface area contributed by atoms with Gasteiger partial charge in [-0.2, -0.15) is 0 Å². The third-order valence-electron chi connectivity index (χ3n) is 4.80. The summed E-state index contributed by atoms with van der Waals surface area (Å²) in [6.45, 7) is 15.5. The first-order valence-corrected chi connectivity index (χ1v) is 10.5. The standard InChI is InChI=1S/C15H28N2O2Si/c1-10-8-12(9-10)14-17-16-13(18-14)11(2)19-20(6,7)15(3,4)5/h10-12H,8-9H2,1-7H3/t10-,11-,12+/m1/s1. The van der Waals surface area contributed by atoms with E-state index in [0.29, 0.717) is 11.8 Å². The fourth-order valence-corrected chi connectivity index (χ4v) is 3.69. The molecular formula is C15H28N2O2Si. The van der Waals surface area contributed by atoms with Gasteiger partial charge in [-0.05, 0) is 43.8 Å². The van der Waals surface area contributed by atoms with Crippen LogP contribution < -0.4 is 0 Å². The quantitative estimate of drug-likeness (QED) is 0.758. The highest BCUT2D eigenvalue weighted by Gasteiger charge is 2.40. The second kappa shape index (κ2) is 5.26. The summed E-state index contributed by atoms with van der Waals surface area (Å²) >= 11 is 0. The van der Waals surface area contributed by atoms with Crippen LogP contribution in [0.3, 0.4) is 0 Å². The van der Waals surface area contributed by atoms with Crippen molar-refractivity contribution in [3.05, 3.63) is 11.8 Å². The maximum atomic E-state index is 6.30. The van der Waals surface area contributed by atoms with E-state index in [1.54, 1.807) is 0 Å². The second-order valence-corrected chi connectivity index (χ2v) is 12.5. The molecule has 1 aromatic heterocycles. The van der Waals surface area contributed by atoms with E-state index in [0.717, 1.165) is 11.8 Å². The normalized spacial score (nSPS) is 25.4. The molecular weight excluding hydrogens is 268 g/mol. The Morgan fingerprint density at radius 2 is 1.85 bits per heavy atom. The van der Waals surface area contributed by atoms with Crippen LogP contribution in [-0.4, -0.2) is 18.5 Å². The lowest BCUT2D eigenvalue weighted by molar-refractivity contribution is 0.160. The van der Waals surface area contributed by atoms with E-state index < -0.39 is 8.32 Å². The largest absolute Gasteiger partial charge is 0.422 e. The van der Waals surface area contributed by atoms with Crippen LogP contribution in [0.1, 0.15) is 71.3 Å². The van der Waals surface area contributed by atoms with Gasteiger partial charge in [0, 0.05) is 5.92 Å². The van der Waals surface area contributed by atoms with Crippen molar-refractivity contribution < 1.29 is 8.84 Å². The van der Waals surface area contributed by atoms with Gasteiger partial charge in [0.1, 0.15) is 6.10 Å². The number of rotatable bonds is 4. The molecule has 5 heteroatoms. The molecule has 0 spiro atoms. The highest BCUT2D eigenvalue weighted by atomic mass is 28.4. The first-order chi connectivity index (χ1) is 9.10. The van der Waals surface area contributed by atoms with Crippen molar-refractivity contribution >= 4 is 8.32 Å². The van der Waals surface area contributed by atoms with Crippen molar-refractivity contribution in [1.82, 2.24) is 10.2 Å². The smallest absolute Gasteiger partial charge is 0.243 e.